The summed E-state index contributed by atoms with van der Waals surface area (Å²) in [6.07, 6.45) is 45.4. The quantitative estimate of drug-likeness (QED) is 0.0283. The summed E-state index contributed by atoms with van der Waals surface area (Å²) in [5.41, 5.74) is 0. The summed E-state index contributed by atoms with van der Waals surface area (Å²) in [7, 11) is 5.54. The molecule has 1 N–H and O–H groups in total. The molecule has 0 bridgehead atoms. The van der Waals surface area contributed by atoms with Crippen molar-refractivity contribution in [3.8, 4) is 0 Å². The second-order valence-electron chi connectivity index (χ2n) is 18.1. The minimum absolute atomic E-state index is 0.0527. The molecule has 0 aliphatic heterocycles. The van der Waals surface area contributed by atoms with Crippen molar-refractivity contribution in [2.24, 2.45) is 0 Å². The zero-order valence-corrected chi connectivity index (χ0v) is 39.0. The number of nitrogens with zero attached hydrogens (tertiary/aromatic N) is 1. The number of quaternary nitrogens is 1. The number of likely N-dealkylation sites (N-methyl/N-ethyl adjacent to an activating group) is 1. The molecule has 0 radical (unpaired) electrons. The summed E-state index contributed by atoms with van der Waals surface area (Å²) in [5.74, 6) is -1.47. The number of ether oxygens (including phenoxy) is 3. The molecule has 0 rings (SSSR count). The summed E-state index contributed by atoms with van der Waals surface area (Å²) >= 11 is 0. The smallest absolute Gasteiger partial charge is 0.362 e. The normalized spacial score (nSPS) is 12.9. The molecule has 342 valence electrons. The summed E-state index contributed by atoms with van der Waals surface area (Å²) in [6.45, 7) is 4.76. The number of carbonyl (C=O) groups excluding carboxylic acids is 2. The molecule has 0 saturated heterocycles. The van der Waals surface area contributed by atoms with E-state index in [1.54, 1.807) is 0 Å². The largest absolute Gasteiger partial charge is 0.477 e. The summed E-state index contributed by atoms with van der Waals surface area (Å²) in [4.78, 5) is 37.1. The van der Waals surface area contributed by atoms with E-state index in [4.69, 9.17) is 14.2 Å². The van der Waals surface area contributed by atoms with Gasteiger partial charge in [-0.1, -0.05) is 193 Å². The van der Waals surface area contributed by atoms with Gasteiger partial charge in [0.15, 0.2) is 12.1 Å². The number of carboxylic acid groups (broad SMARTS) is 1. The van der Waals surface area contributed by atoms with Gasteiger partial charge in [0.05, 0.1) is 34.4 Å². The number of aliphatic carboxylic acids is 1. The molecule has 2 unspecified atom stereocenters. The zero-order valence-electron chi connectivity index (χ0n) is 39.0. The van der Waals surface area contributed by atoms with Gasteiger partial charge in [-0.3, -0.25) is 9.59 Å². The van der Waals surface area contributed by atoms with Crippen molar-refractivity contribution in [1.82, 2.24) is 0 Å². The predicted molar refractivity (Wildman–Crippen MR) is 243 cm³/mol. The number of hydrogen-bond acceptors (Lipinski definition) is 6. The molecule has 0 aliphatic rings. The molecule has 0 aromatic heterocycles. The number of esters is 2. The van der Waals surface area contributed by atoms with Gasteiger partial charge in [-0.25, -0.2) is 4.79 Å². The van der Waals surface area contributed by atoms with E-state index in [2.05, 4.69) is 26.0 Å². The Hall–Kier alpha value is -1.93. The molecule has 0 amide bonds. The van der Waals surface area contributed by atoms with E-state index in [0.29, 0.717) is 19.3 Å². The van der Waals surface area contributed by atoms with E-state index in [1.807, 2.05) is 21.1 Å². The highest BCUT2D eigenvalue weighted by Crippen LogP contribution is 2.16. The fraction of sp³-hybridized carbons (Fsp3) is 0.900. The van der Waals surface area contributed by atoms with Crippen LogP contribution in [0.2, 0.25) is 0 Å². The fourth-order valence-electron chi connectivity index (χ4n) is 7.56. The average molecular weight is 823 g/mol. The first kappa shape index (κ1) is 56.1. The van der Waals surface area contributed by atoms with Crippen LogP contribution in [-0.2, 0) is 28.6 Å². The van der Waals surface area contributed by atoms with E-state index in [0.717, 1.165) is 51.4 Å². The van der Waals surface area contributed by atoms with Gasteiger partial charge in [0, 0.05) is 19.3 Å². The maximum absolute atomic E-state index is 12.8. The van der Waals surface area contributed by atoms with Crippen LogP contribution in [0.1, 0.15) is 239 Å². The lowest BCUT2D eigenvalue weighted by Gasteiger charge is -2.31. The number of carboxylic acids is 1. The van der Waals surface area contributed by atoms with Gasteiger partial charge in [0.1, 0.15) is 6.61 Å². The number of allylic oxidation sites excluding steroid dienone is 2. The van der Waals surface area contributed by atoms with E-state index >= 15 is 0 Å². The first-order valence-electron chi connectivity index (χ1n) is 24.7. The SMILES string of the molecule is CCCCCCCCC/C=C/CCCCCC(=O)OCC(COCCC(C(=O)O)[N+](C)(C)C)OC(=O)CCCCCCCCCCCCCCCCCCCCCC. The highest BCUT2D eigenvalue weighted by Gasteiger charge is 2.31. The van der Waals surface area contributed by atoms with Crippen LogP contribution in [0.15, 0.2) is 12.2 Å². The van der Waals surface area contributed by atoms with Crippen LogP contribution in [0.4, 0.5) is 0 Å². The summed E-state index contributed by atoms with van der Waals surface area (Å²) in [5, 5.41) is 9.64. The average Bonchev–Trinajstić information content (AvgIpc) is 3.18. The number of unbranched alkanes of at least 4 members (excludes halogenated alkanes) is 29. The maximum atomic E-state index is 12.8. The molecule has 8 nitrogen and oxygen atoms in total. The third kappa shape index (κ3) is 39.5. The molecule has 0 aromatic carbocycles. The molecule has 8 heteroatoms. The van der Waals surface area contributed by atoms with E-state index in [1.165, 1.54) is 154 Å². The Morgan fingerprint density at radius 2 is 0.862 bits per heavy atom. The van der Waals surface area contributed by atoms with Crippen molar-refractivity contribution < 1.29 is 38.2 Å². The van der Waals surface area contributed by atoms with Gasteiger partial charge < -0.3 is 23.8 Å². The summed E-state index contributed by atoms with van der Waals surface area (Å²) in [6, 6.07) is -0.612. The molecular formula is C50H96NO7+. The Balaban J connectivity index is 4.23. The van der Waals surface area contributed by atoms with Crippen molar-refractivity contribution in [2.45, 2.75) is 251 Å². The molecule has 0 spiro atoms. The molecule has 0 fully saturated rings. The minimum Gasteiger partial charge on any atom is -0.477 e. The third-order valence-corrected chi connectivity index (χ3v) is 11.4. The number of rotatable bonds is 45. The Bertz CT molecular complexity index is 962. The lowest BCUT2D eigenvalue weighted by Crippen LogP contribution is -2.50. The molecule has 58 heavy (non-hydrogen) atoms. The monoisotopic (exact) mass is 823 g/mol. The van der Waals surface area contributed by atoms with E-state index < -0.39 is 18.1 Å². The highest BCUT2D eigenvalue weighted by atomic mass is 16.6. The van der Waals surface area contributed by atoms with Crippen molar-refractivity contribution in [3.63, 3.8) is 0 Å². The zero-order chi connectivity index (χ0) is 42.8. The van der Waals surface area contributed by atoms with Gasteiger partial charge in [-0.15, -0.1) is 0 Å². The van der Waals surface area contributed by atoms with Crippen LogP contribution in [0, 0.1) is 0 Å². The molecule has 2 atom stereocenters. The molecule has 0 aliphatic carbocycles. The maximum Gasteiger partial charge on any atom is 0.362 e. The van der Waals surface area contributed by atoms with Crippen LogP contribution in [0.3, 0.4) is 0 Å². The number of carbonyl (C=O) groups is 3. The van der Waals surface area contributed by atoms with Crippen LogP contribution in [0.5, 0.6) is 0 Å². The van der Waals surface area contributed by atoms with Crippen molar-refractivity contribution in [1.29, 1.82) is 0 Å². The van der Waals surface area contributed by atoms with Gasteiger partial charge in [-0.2, -0.15) is 0 Å². The number of hydrogen-bond donors (Lipinski definition) is 1. The van der Waals surface area contributed by atoms with Crippen molar-refractivity contribution >= 4 is 17.9 Å². The Kier molecular flexibility index (Phi) is 40.4. The standard InChI is InChI=1S/C50H95NO7/c1-6-8-10-12-14-16-18-20-22-23-24-25-26-27-29-31-33-35-37-39-41-49(53)58-46(44-56-43-42-47(50(54)55)51(3,4)5)45-57-48(52)40-38-36-34-32-30-28-21-19-17-15-13-11-9-7-2/h28,30,46-47H,6-27,29,31-45H2,1-5H3/p+1/b30-28+. The van der Waals surface area contributed by atoms with Crippen molar-refractivity contribution in [3.05, 3.63) is 12.2 Å². The fourth-order valence-corrected chi connectivity index (χ4v) is 7.56. The molecular weight excluding hydrogens is 727 g/mol. The topological polar surface area (TPSA) is 99.1 Å². The third-order valence-electron chi connectivity index (χ3n) is 11.4. The predicted octanol–water partition coefficient (Wildman–Crippen LogP) is 13.9. The molecule has 0 aromatic rings. The van der Waals surface area contributed by atoms with E-state index in [9.17, 15) is 19.5 Å². The first-order chi connectivity index (χ1) is 28.1. The summed E-state index contributed by atoms with van der Waals surface area (Å²) < 4.78 is 17.3. The lowest BCUT2D eigenvalue weighted by atomic mass is 10.0. The Labute approximate surface area is 359 Å². The van der Waals surface area contributed by atoms with Gasteiger partial charge in [0.2, 0.25) is 0 Å². The Morgan fingerprint density at radius 1 is 0.500 bits per heavy atom. The highest BCUT2D eigenvalue weighted by molar-refractivity contribution is 5.72. The van der Waals surface area contributed by atoms with Crippen LogP contribution < -0.4 is 0 Å². The molecule has 0 saturated carbocycles. The molecule has 0 heterocycles. The van der Waals surface area contributed by atoms with Gasteiger partial charge in [-0.05, 0) is 38.5 Å². The van der Waals surface area contributed by atoms with Crippen LogP contribution >= 0.6 is 0 Å². The van der Waals surface area contributed by atoms with Crippen LogP contribution in [0.25, 0.3) is 0 Å². The second kappa shape index (κ2) is 41.8. The van der Waals surface area contributed by atoms with Crippen LogP contribution in [-0.4, -0.2) is 80.6 Å². The first-order valence-corrected chi connectivity index (χ1v) is 24.7. The van der Waals surface area contributed by atoms with Gasteiger partial charge >= 0.3 is 17.9 Å². The lowest BCUT2D eigenvalue weighted by molar-refractivity contribution is -0.887. The second-order valence-corrected chi connectivity index (χ2v) is 18.1. The minimum atomic E-state index is -0.873. The van der Waals surface area contributed by atoms with E-state index in [-0.39, 0.29) is 36.2 Å². The van der Waals surface area contributed by atoms with Crippen molar-refractivity contribution in [2.75, 3.05) is 41.0 Å². The Morgan fingerprint density at radius 3 is 1.26 bits per heavy atom. The van der Waals surface area contributed by atoms with Gasteiger partial charge in [0.25, 0.3) is 0 Å².